The van der Waals surface area contributed by atoms with E-state index in [-0.39, 0.29) is 5.91 Å². The van der Waals surface area contributed by atoms with Crippen molar-refractivity contribution >= 4 is 5.91 Å². The molecule has 9 heavy (non-hydrogen) atoms. The lowest BCUT2D eigenvalue weighted by Crippen LogP contribution is -2.50. The monoisotopic (exact) mass is 130 g/mol. The van der Waals surface area contributed by atoms with E-state index >= 15 is 0 Å². The quantitative estimate of drug-likeness (QED) is 0.558. The van der Waals surface area contributed by atoms with Crippen LogP contribution in [-0.2, 0) is 4.79 Å². The summed E-state index contributed by atoms with van der Waals surface area (Å²) in [6, 6.07) is 0. The molecule has 0 bridgehead atoms. The molecular weight excluding hydrogens is 116 g/mol. The van der Waals surface area contributed by atoms with Gasteiger partial charge in [0.1, 0.15) is 0 Å². The summed E-state index contributed by atoms with van der Waals surface area (Å²) < 4.78 is 0. The molecule has 3 N–H and O–H groups in total. The van der Waals surface area contributed by atoms with Crippen LogP contribution >= 0.6 is 0 Å². The maximum absolute atomic E-state index is 10.6. The second kappa shape index (κ2) is 2.82. The number of carbonyl (C=O) groups is 1. The van der Waals surface area contributed by atoms with Gasteiger partial charge in [0.05, 0.1) is 5.54 Å². The Morgan fingerprint density at radius 1 is 1.78 bits per heavy atom. The Kier molecular flexibility index (Phi) is 2.65. The molecule has 0 spiro atoms. The topological polar surface area (TPSA) is 55.1 Å². The van der Waals surface area contributed by atoms with Gasteiger partial charge in [0.2, 0.25) is 5.91 Å². The molecule has 0 aliphatic rings. The van der Waals surface area contributed by atoms with E-state index in [1.807, 2.05) is 6.92 Å². The average molecular weight is 130 g/mol. The molecule has 0 aromatic rings. The molecule has 54 valence electrons. The van der Waals surface area contributed by atoms with Gasteiger partial charge in [-0.2, -0.15) is 0 Å². The Balaban J connectivity index is 4.09. The molecule has 0 saturated heterocycles. The molecule has 0 aliphatic heterocycles. The number of nitrogens with two attached hydrogens (primary N) is 1. The zero-order chi connectivity index (χ0) is 7.49. The zero-order valence-electron chi connectivity index (χ0n) is 6.19. The van der Waals surface area contributed by atoms with Crippen LogP contribution in [0.5, 0.6) is 0 Å². The highest BCUT2D eigenvalue weighted by molar-refractivity contribution is 5.83. The Labute approximate surface area is 55.6 Å². The molecule has 0 unspecified atom stereocenters. The second-order valence-electron chi connectivity index (χ2n) is 2.30. The predicted molar refractivity (Wildman–Crippen MR) is 37.0 cm³/mol. The van der Waals surface area contributed by atoms with Crippen molar-refractivity contribution in [3.63, 3.8) is 0 Å². The van der Waals surface area contributed by atoms with Crippen LogP contribution in [0.15, 0.2) is 0 Å². The molecule has 0 radical (unpaired) electrons. The molecular formula is C6H14N2O. The SMILES string of the molecule is CC[C@@](C)(NC)C(N)=O. The van der Waals surface area contributed by atoms with E-state index in [2.05, 4.69) is 5.32 Å². The van der Waals surface area contributed by atoms with Crippen molar-refractivity contribution in [3.05, 3.63) is 0 Å². The van der Waals surface area contributed by atoms with Gasteiger partial charge in [0, 0.05) is 0 Å². The fourth-order valence-electron chi connectivity index (χ4n) is 0.474. The minimum Gasteiger partial charge on any atom is -0.368 e. The van der Waals surface area contributed by atoms with E-state index in [4.69, 9.17) is 5.73 Å². The van der Waals surface area contributed by atoms with Crippen molar-refractivity contribution in [1.82, 2.24) is 5.32 Å². The van der Waals surface area contributed by atoms with Crippen molar-refractivity contribution in [3.8, 4) is 0 Å². The Morgan fingerprint density at radius 2 is 2.22 bits per heavy atom. The first-order valence-electron chi connectivity index (χ1n) is 3.05. The van der Waals surface area contributed by atoms with Crippen LogP contribution < -0.4 is 11.1 Å². The van der Waals surface area contributed by atoms with Gasteiger partial charge in [-0.15, -0.1) is 0 Å². The summed E-state index contributed by atoms with van der Waals surface area (Å²) in [5.41, 5.74) is 4.56. The number of amides is 1. The smallest absolute Gasteiger partial charge is 0.237 e. The third kappa shape index (κ3) is 1.68. The standard InChI is InChI=1S/C6H14N2O/c1-4-6(2,8-3)5(7)9/h8H,4H2,1-3H3,(H2,7,9)/t6-/m1/s1. The first-order chi connectivity index (χ1) is 4.06. The normalized spacial score (nSPS) is 16.8. The van der Waals surface area contributed by atoms with Crippen LogP contribution in [0.3, 0.4) is 0 Å². The number of nitrogens with one attached hydrogen (secondary N) is 1. The van der Waals surface area contributed by atoms with Gasteiger partial charge in [-0.3, -0.25) is 4.79 Å². The highest BCUT2D eigenvalue weighted by Gasteiger charge is 2.25. The summed E-state index contributed by atoms with van der Waals surface area (Å²) >= 11 is 0. The van der Waals surface area contributed by atoms with Crippen LogP contribution in [-0.4, -0.2) is 18.5 Å². The van der Waals surface area contributed by atoms with Crippen LogP contribution in [0.4, 0.5) is 0 Å². The van der Waals surface area contributed by atoms with Crippen LogP contribution in [0.2, 0.25) is 0 Å². The molecule has 0 fully saturated rings. The van der Waals surface area contributed by atoms with Gasteiger partial charge in [-0.05, 0) is 20.4 Å². The van der Waals surface area contributed by atoms with Crippen molar-refractivity contribution in [1.29, 1.82) is 0 Å². The lowest BCUT2D eigenvalue weighted by atomic mass is 9.99. The van der Waals surface area contributed by atoms with Crippen molar-refractivity contribution < 1.29 is 4.79 Å². The van der Waals surface area contributed by atoms with E-state index in [0.29, 0.717) is 0 Å². The highest BCUT2D eigenvalue weighted by Crippen LogP contribution is 2.05. The summed E-state index contributed by atoms with van der Waals surface area (Å²) in [4.78, 5) is 10.6. The highest BCUT2D eigenvalue weighted by atomic mass is 16.1. The third-order valence-electron chi connectivity index (χ3n) is 1.80. The lowest BCUT2D eigenvalue weighted by Gasteiger charge is -2.22. The number of likely N-dealkylation sites (N-methyl/N-ethyl adjacent to an activating group) is 1. The summed E-state index contributed by atoms with van der Waals surface area (Å²) in [6.45, 7) is 3.70. The first-order valence-corrected chi connectivity index (χ1v) is 3.05. The van der Waals surface area contributed by atoms with E-state index in [1.54, 1.807) is 14.0 Å². The molecule has 3 nitrogen and oxygen atoms in total. The van der Waals surface area contributed by atoms with E-state index in [1.165, 1.54) is 0 Å². The molecule has 0 heterocycles. The number of primary amides is 1. The maximum atomic E-state index is 10.6. The van der Waals surface area contributed by atoms with E-state index in [0.717, 1.165) is 6.42 Å². The van der Waals surface area contributed by atoms with E-state index in [9.17, 15) is 4.79 Å². The van der Waals surface area contributed by atoms with E-state index < -0.39 is 5.54 Å². The summed E-state index contributed by atoms with van der Waals surface area (Å²) in [7, 11) is 1.73. The predicted octanol–water partition coefficient (Wildman–Crippen LogP) is -0.140. The minimum atomic E-state index is -0.528. The maximum Gasteiger partial charge on any atom is 0.237 e. The van der Waals surface area contributed by atoms with Crippen molar-refractivity contribution in [2.75, 3.05) is 7.05 Å². The van der Waals surface area contributed by atoms with Gasteiger partial charge >= 0.3 is 0 Å². The van der Waals surface area contributed by atoms with Gasteiger partial charge < -0.3 is 11.1 Å². The van der Waals surface area contributed by atoms with Crippen molar-refractivity contribution in [2.24, 2.45) is 5.73 Å². The summed E-state index contributed by atoms with van der Waals surface area (Å²) in [5, 5.41) is 2.85. The van der Waals surface area contributed by atoms with Crippen LogP contribution in [0.1, 0.15) is 20.3 Å². The van der Waals surface area contributed by atoms with Gasteiger partial charge in [-0.1, -0.05) is 6.92 Å². The van der Waals surface area contributed by atoms with Crippen LogP contribution in [0, 0.1) is 0 Å². The molecule has 0 aliphatic carbocycles. The first kappa shape index (κ1) is 8.43. The largest absolute Gasteiger partial charge is 0.368 e. The second-order valence-corrected chi connectivity index (χ2v) is 2.30. The van der Waals surface area contributed by atoms with Crippen molar-refractivity contribution in [2.45, 2.75) is 25.8 Å². The summed E-state index contributed by atoms with van der Waals surface area (Å²) in [5.74, 6) is -0.299. The number of carbonyl (C=O) groups excluding carboxylic acids is 1. The molecule has 1 amide bonds. The molecule has 0 rings (SSSR count). The molecule has 0 saturated carbocycles. The number of hydrogen-bond acceptors (Lipinski definition) is 2. The average Bonchev–Trinajstić information content (AvgIpc) is 1.86. The Morgan fingerprint density at radius 3 is 2.22 bits per heavy atom. The zero-order valence-corrected chi connectivity index (χ0v) is 6.19. The van der Waals surface area contributed by atoms with Crippen LogP contribution in [0.25, 0.3) is 0 Å². The number of rotatable bonds is 3. The minimum absolute atomic E-state index is 0.299. The summed E-state index contributed by atoms with van der Waals surface area (Å²) in [6.07, 6.45) is 0.721. The van der Waals surface area contributed by atoms with Gasteiger partial charge in [0.25, 0.3) is 0 Å². The Bertz CT molecular complexity index is 108. The lowest BCUT2D eigenvalue weighted by molar-refractivity contribution is -0.123. The fraction of sp³-hybridized carbons (Fsp3) is 0.833. The van der Waals surface area contributed by atoms with Gasteiger partial charge in [0.15, 0.2) is 0 Å². The molecule has 0 aromatic carbocycles. The Hall–Kier alpha value is -0.570. The molecule has 3 heteroatoms. The fourth-order valence-corrected chi connectivity index (χ4v) is 0.474. The number of hydrogen-bond donors (Lipinski definition) is 2. The molecule has 0 aromatic heterocycles. The molecule has 1 atom stereocenters. The van der Waals surface area contributed by atoms with Gasteiger partial charge in [-0.25, -0.2) is 0 Å². The third-order valence-corrected chi connectivity index (χ3v) is 1.80.